The summed E-state index contributed by atoms with van der Waals surface area (Å²) >= 11 is 4.53. The number of rotatable bonds is 6. The van der Waals surface area contributed by atoms with Crippen LogP contribution in [0.2, 0.25) is 0 Å². The first-order valence-corrected chi connectivity index (χ1v) is 5.51. The van der Waals surface area contributed by atoms with Crippen LogP contribution in [0.3, 0.4) is 0 Å². The standard InChI is InChI=1S/C10H25N3S/c1-9(2,6-10(3,4)14)7-13-5-8(11)12/h8,13-14H,5-7,11-12H2,1-4H3. The van der Waals surface area contributed by atoms with E-state index in [0.29, 0.717) is 6.54 Å². The van der Waals surface area contributed by atoms with E-state index >= 15 is 0 Å². The van der Waals surface area contributed by atoms with Crippen molar-refractivity contribution in [3.63, 3.8) is 0 Å². The highest BCUT2D eigenvalue weighted by Gasteiger charge is 2.25. The summed E-state index contributed by atoms with van der Waals surface area (Å²) < 4.78 is 0.0655. The Morgan fingerprint density at radius 1 is 1.21 bits per heavy atom. The zero-order valence-corrected chi connectivity index (χ0v) is 10.7. The van der Waals surface area contributed by atoms with Crippen LogP contribution in [-0.4, -0.2) is 24.0 Å². The van der Waals surface area contributed by atoms with Gasteiger partial charge in [0.1, 0.15) is 0 Å². The van der Waals surface area contributed by atoms with Crippen LogP contribution in [0.5, 0.6) is 0 Å². The average Bonchev–Trinajstić information content (AvgIpc) is 1.78. The first-order chi connectivity index (χ1) is 6.12. The number of thiol groups is 1. The Morgan fingerprint density at radius 3 is 2.07 bits per heavy atom. The molecule has 0 radical (unpaired) electrons. The summed E-state index contributed by atoms with van der Waals surface area (Å²) in [6.45, 7) is 10.3. The Kier molecular flexibility index (Phi) is 5.44. The lowest BCUT2D eigenvalue weighted by Crippen LogP contribution is -2.44. The van der Waals surface area contributed by atoms with Crippen LogP contribution in [0.15, 0.2) is 0 Å². The van der Waals surface area contributed by atoms with Crippen molar-refractivity contribution in [2.45, 2.75) is 45.0 Å². The number of nitrogens with two attached hydrogens (primary N) is 2. The van der Waals surface area contributed by atoms with Gasteiger partial charge in [-0.15, -0.1) is 0 Å². The lowest BCUT2D eigenvalue weighted by molar-refractivity contribution is 0.286. The largest absolute Gasteiger partial charge is 0.315 e. The van der Waals surface area contributed by atoms with Gasteiger partial charge in [-0.3, -0.25) is 0 Å². The van der Waals surface area contributed by atoms with E-state index in [9.17, 15) is 0 Å². The van der Waals surface area contributed by atoms with Crippen LogP contribution >= 0.6 is 12.6 Å². The second kappa shape index (κ2) is 5.35. The molecule has 0 aliphatic carbocycles. The highest BCUT2D eigenvalue weighted by molar-refractivity contribution is 7.81. The van der Waals surface area contributed by atoms with Crippen molar-refractivity contribution in [2.24, 2.45) is 16.9 Å². The Labute approximate surface area is 93.4 Å². The summed E-state index contributed by atoms with van der Waals surface area (Å²) in [7, 11) is 0. The molecular weight excluding hydrogens is 194 g/mol. The van der Waals surface area contributed by atoms with Gasteiger partial charge in [0.05, 0.1) is 6.17 Å². The van der Waals surface area contributed by atoms with Gasteiger partial charge in [-0.25, -0.2) is 0 Å². The van der Waals surface area contributed by atoms with Crippen molar-refractivity contribution >= 4 is 12.6 Å². The van der Waals surface area contributed by atoms with Gasteiger partial charge in [0.2, 0.25) is 0 Å². The van der Waals surface area contributed by atoms with E-state index in [1.807, 2.05) is 0 Å². The number of hydrogen-bond acceptors (Lipinski definition) is 4. The summed E-state index contributed by atoms with van der Waals surface area (Å²) in [5.74, 6) is 0. The van der Waals surface area contributed by atoms with Gasteiger partial charge in [0, 0.05) is 17.8 Å². The molecule has 0 fully saturated rings. The predicted octanol–water partition coefficient (Wildman–Crippen LogP) is 0.944. The molecule has 0 spiro atoms. The van der Waals surface area contributed by atoms with Gasteiger partial charge < -0.3 is 16.8 Å². The second-order valence-corrected chi connectivity index (χ2v) is 6.66. The fourth-order valence-electron chi connectivity index (χ4n) is 1.81. The molecule has 0 saturated heterocycles. The molecule has 0 rings (SSSR count). The Hall–Kier alpha value is 0.230. The summed E-state index contributed by atoms with van der Waals surface area (Å²) in [6, 6.07) is 0. The molecule has 0 heterocycles. The Bertz CT molecular complexity index is 161. The van der Waals surface area contributed by atoms with Crippen LogP contribution < -0.4 is 16.8 Å². The topological polar surface area (TPSA) is 64.1 Å². The molecule has 0 aromatic heterocycles. The lowest BCUT2D eigenvalue weighted by atomic mass is 9.83. The van der Waals surface area contributed by atoms with Crippen molar-refractivity contribution in [1.82, 2.24) is 5.32 Å². The predicted molar refractivity (Wildman–Crippen MR) is 66.5 cm³/mol. The maximum Gasteiger partial charge on any atom is 0.0649 e. The maximum atomic E-state index is 5.45. The van der Waals surface area contributed by atoms with Crippen molar-refractivity contribution < 1.29 is 0 Å². The molecule has 0 saturated carbocycles. The maximum absolute atomic E-state index is 5.45. The van der Waals surface area contributed by atoms with Crippen LogP contribution in [0.4, 0.5) is 0 Å². The minimum atomic E-state index is -0.269. The molecule has 0 atom stereocenters. The summed E-state index contributed by atoms with van der Waals surface area (Å²) in [5.41, 5.74) is 11.1. The molecule has 0 amide bonds. The monoisotopic (exact) mass is 219 g/mol. The SMILES string of the molecule is CC(C)(S)CC(C)(C)CNCC(N)N. The van der Waals surface area contributed by atoms with Crippen LogP contribution in [0.25, 0.3) is 0 Å². The fourth-order valence-corrected chi connectivity index (χ4v) is 2.24. The van der Waals surface area contributed by atoms with Gasteiger partial charge in [-0.2, -0.15) is 12.6 Å². The van der Waals surface area contributed by atoms with Gasteiger partial charge >= 0.3 is 0 Å². The molecule has 0 aromatic rings. The smallest absolute Gasteiger partial charge is 0.0649 e. The molecule has 0 aliphatic heterocycles. The van der Waals surface area contributed by atoms with Crippen molar-refractivity contribution in [3.8, 4) is 0 Å². The summed E-state index contributed by atoms with van der Waals surface area (Å²) in [6.07, 6.45) is 0.783. The minimum absolute atomic E-state index is 0.0655. The summed E-state index contributed by atoms with van der Waals surface area (Å²) in [4.78, 5) is 0. The normalized spacial score (nSPS) is 13.7. The summed E-state index contributed by atoms with van der Waals surface area (Å²) in [5, 5.41) is 3.26. The molecule has 0 aliphatic rings. The number of nitrogens with one attached hydrogen (secondary N) is 1. The molecule has 0 bridgehead atoms. The van der Waals surface area contributed by atoms with E-state index < -0.39 is 0 Å². The van der Waals surface area contributed by atoms with Gasteiger partial charge in [0.15, 0.2) is 0 Å². The van der Waals surface area contributed by atoms with Crippen molar-refractivity contribution in [3.05, 3.63) is 0 Å². The zero-order valence-electron chi connectivity index (χ0n) is 9.80. The van der Waals surface area contributed by atoms with Crippen molar-refractivity contribution in [1.29, 1.82) is 0 Å². The zero-order chi connectivity index (χ0) is 11.4. The third kappa shape index (κ3) is 8.81. The Balaban J connectivity index is 3.84. The molecular formula is C10H25N3S. The molecule has 0 aromatic carbocycles. The van der Waals surface area contributed by atoms with E-state index in [-0.39, 0.29) is 16.3 Å². The minimum Gasteiger partial charge on any atom is -0.315 e. The first-order valence-electron chi connectivity index (χ1n) is 5.07. The molecule has 4 heteroatoms. The Morgan fingerprint density at radius 2 is 1.71 bits per heavy atom. The molecule has 14 heavy (non-hydrogen) atoms. The molecule has 5 N–H and O–H groups in total. The second-order valence-electron chi connectivity index (χ2n) is 5.45. The highest BCUT2D eigenvalue weighted by atomic mass is 32.1. The highest BCUT2D eigenvalue weighted by Crippen LogP contribution is 2.30. The first kappa shape index (κ1) is 14.2. The van der Waals surface area contributed by atoms with Gasteiger partial charge in [0.25, 0.3) is 0 Å². The van der Waals surface area contributed by atoms with Gasteiger partial charge in [-0.05, 0) is 11.8 Å². The van der Waals surface area contributed by atoms with E-state index in [1.54, 1.807) is 0 Å². The molecule has 3 nitrogen and oxygen atoms in total. The third-order valence-corrected chi connectivity index (χ3v) is 2.05. The van der Waals surface area contributed by atoms with Gasteiger partial charge in [-0.1, -0.05) is 27.7 Å². The molecule has 86 valence electrons. The quantitative estimate of drug-likeness (QED) is 0.397. The van der Waals surface area contributed by atoms with E-state index in [0.717, 1.165) is 13.0 Å². The molecule has 0 unspecified atom stereocenters. The van der Waals surface area contributed by atoms with Crippen molar-refractivity contribution in [2.75, 3.05) is 13.1 Å². The van der Waals surface area contributed by atoms with Crippen LogP contribution in [-0.2, 0) is 0 Å². The van der Waals surface area contributed by atoms with E-state index in [2.05, 4.69) is 45.6 Å². The lowest BCUT2D eigenvalue weighted by Gasteiger charge is -2.32. The number of hydrogen-bond donors (Lipinski definition) is 4. The van der Waals surface area contributed by atoms with Crippen LogP contribution in [0.1, 0.15) is 34.1 Å². The third-order valence-electron chi connectivity index (χ3n) is 1.89. The van der Waals surface area contributed by atoms with Crippen LogP contribution in [0, 0.1) is 5.41 Å². The fraction of sp³-hybridized carbons (Fsp3) is 1.00. The van der Waals surface area contributed by atoms with E-state index in [4.69, 9.17) is 11.5 Å². The average molecular weight is 219 g/mol. The van der Waals surface area contributed by atoms with E-state index in [1.165, 1.54) is 0 Å².